The van der Waals surface area contributed by atoms with Gasteiger partial charge < -0.3 is 4.90 Å². The van der Waals surface area contributed by atoms with Crippen LogP contribution >= 0.6 is 0 Å². The molecule has 0 spiro atoms. The fourth-order valence-corrected chi connectivity index (χ4v) is 2.15. The van der Waals surface area contributed by atoms with Crippen molar-refractivity contribution in [1.29, 1.82) is 0 Å². The van der Waals surface area contributed by atoms with Crippen molar-refractivity contribution < 1.29 is 9.72 Å². The Hall–Kier alpha value is -2.17. The fraction of sp³-hybridized carbons (Fsp3) is 0.400. The van der Waals surface area contributed by atoms with Gasteiger partial charge in [-0.15, -0.1) is 0 Å². The lowest BCUT2D eigenvalue weighted by molar-refractivity contribution is -0.385. The second-order valence-electron chi connectivity index (χ2n) is 5.08. The van der Waals surface area contributed by atoms with Crippen LogP contribution in [0.3, 0.4) is 0 Å². The van der Waals surface area contributed by atoms with Crippen LogP contribution < -0.4 is 0 Å². The number of rotatable bonds is 5. The van der Waals surface area contributed by atoms with Gasteiger partial charge in [0.1, 0.15) is 0 Å². The largest absolute Gasteiger partial charge is 0.334 e. The Balaban J connectivity index is 2.98. The van der Waals surface area contributed by atoms with Crippen molar-refractivity contribution >= 4 is 17.7 Å². The molecular formula is C15H20N2O3. The Labute approximate surface area is 119 Å². The summed E-state index contributed by atoms with van der Waals surface area (Å²) < 4.78 is 0. The number of amides is 1. The van der Waals surface area contributed by atoms with Gasteiger partial charge in [0.15, 0.2) is 0 Å². The summed E-state index contributed by atoms with van der Waals surface area (Å²) in [5.41, 5.74) is 0.426. The molecule has 1 rings (SSSR count). The predicted molar refractivity (Wildman–Crippen MR) is 79.2 cm³/mol. The standard InChI is InChI=1S/C15H20N2O3/c1-11(2)16(12(3)4)15(18)10-9-13-7-5-6-8-14(13)17(19)20/h5-12H,1-4H3/b10-9+. The van der Waals surface area contributed by atoms with Crippen LogP contribution in [0.2, 0.25) is 0 Å². The number of benzene rings is 1. The first-order valence-corrected chi connectivity index (χ1v) is 6.58. The summed E-state index contributed by atoms with van der Waals surface area (Å²) in [5.74, 6) is -0.145. The van der Waals surface area contributed by atoms with Crippen LogP contribution in [0, 0.1) is 10.1 Å². The maximum Gasteiger partial charge on any atom is 0.276 e. The fourth-order valence-electron chi connectivity index (χ4n) is 2.15. The monoisotopic (exact) mass is 276 g/mol. The highest BCUT2D eigenvalue weighted by atomic mass is 16.6. The zero-order valence-electron chi connectivity index (χ0n) is 12.2. The first-order chi connectivity index (χ1) is 9.34. The van der Waals surface area contributed by atoms with E-state index in [0.29, 0.717) is 5.56 Å². The second-order valence-corrected chi connectivity index (χ2v) is 5.08. The molecular weight excluding hydrogens is 256 g/mol. The summed E-state index contributed by atoms with van der Waals surface area (Å²) in [6, 6.07) is 6.52. The maximum absolute atomic E-state index is 12.1. The van der Waals surface area contributed by atoms with Gasteiger partial charge in [-0.05, 0) is 39.8 Å². The molecule has 0 heterocycles. The molecule has 5 nitrogen and oxygen atoms in total. The van der Waals surface area contributed by atoms with Gasteiger partial charge in [0.05, 0.1) is 10.5 Å². The van der Waals surface area contributed by atoms with Crippen molar-refractivity contribution in [3.05, 3.63) is 46.0 Å². The van der Waals surface area contributed by atoms with Crippen LogP contribution in [0.25, 0.3) is 6.08 Å². The summed E-state index contributed by atoms with van der Waals surface area (Å²) in [5, 5.41) is 10.9. The topological polar surface area (TPSA) is 63.5 Å². The van der Waals surface area contributed by atoms with Crippen LogP contribution in [0.4, 0.5) is 5.69 Å². The van der Waals surface area contributed by atoms with E-state index in [-0.39, 0.29) is 23.7 Å². The van der Waals surface area contributed by atoms with E-state index in [1.165, 1.54) is 18.2 Å². The molecule has 5 heteroatoms. The van der Waals surface area contributed by atoms with Crippen molar-refractivity contribution in [2.24, 2.45) is 0 Å². The number of nitro benzene ring substituents is 1. The molecule has 0 aliphatic carbocycles. The summed E-state index contributed by atoms with van der Waals surface area (Å²) in [6.45, 7) is 7.76. The smallest absolute Gasteiger partial charge is 0.276 e. The molecule has 0 fully saturated rings. The molecule has 0 aliphatic heterocycles. The lowest BCUT2D eigenvalue weighted by atomic mass is 10.1. The Kier molecular flexibility index (Phi) is 5.43. The van der Waals surface area contributed by atoms with E-state index < -0.39 is 4.92 Å². The Morgan fingerprint density at radius 2 is 1.75 bits per heavy atom. The molecule has 0 atom stereocenters. The summed E-state index contributed by atoms with van der Waals surface area (Å²) >= 11 is 0. The molecule has 0 aliphatic rings. The maximum atomic E-state index is 12.1. The lowest BCUT2D eigenvalue weighted by Crippen LogP contribution is -2.41. The van der Waals surface area contributed by atoms with Crippen molar-refractivity contribution in [1.82, 2.24) is 4.90 Å². The highest BCUT2D eigenvalue weighted by Crippen LogP contribution is 2.19. The van der Waals surface area contributed by atoms with E-state index in [9.17, 15) is 14.9 Å². The number of hydrogen-bond acceptors (Lipinski definition) is 3. The molecule has 0 N–H and O–H groups in total. The molecule has 20 heavy (non-hydrogen) atoms. The quantitative estimate of drug-likeness (QED) is 0.471. The molecule has 0 unspecified atom stereocenters. The minimum absolute atomic E-state index is 0.00260. The van der Waals surface area contributed by atoms with Gasteiger partial charge in [-0.3, -0.25) is 14.9 Å². The van der Waals surface area contributed by atoms with Gasteiger partial charge in [0, 0.05) is 24.2 Å². The molecule has 1 amide bonds. The van der Waals surface area contributed by atoms with E-state index in [2.05, 4.69) is 0 Å². The van der Waals surface area contributed by atoms with Crippen LogP contribution in [0.15, 0.2) is 30.3 Å². The van der Waals surface area contributed by atoms with E-state index >= 15 is 0 Å². The van der Waals surface area contributed by atoms with E-state index in [1.54, 1.807) is 23.1 Å². The van der Waals surface area contributed by atoms with E-state index in [1.807, 2.05) is 27.7 Å². The number of nitro groups is 1. The number of carbonyl (C=O) groups excluding carboxylic acids is 1. The molecule has 108 valence electrons. The molecule has 0 saturated heterocycles. The van der Waals surface area contributed by atoms with Crippen molar-refractivity contribution in [2.75, 3.05) is 0 Å². The Morgan fingerprint density at radius 1 is 1.20 bits per heavy atom. The molecule has 1 aromatic carbocycles. The minimum atomic E-state index is -0.452. The number of hydrogen-bond donors (Lipinski definition) is 0. The lowest BCUT2D eigenvalue weighted by Gasteiger charge is -2.29. The van der Waals surface area contributed by atoms with Gasteiger partial charge >= 0.3 is 0 Å². The average molecular weight is 276 g/mol. The van der Waals surface area contributed by atoms with Crippen LogP contribution in [-0.4, -0.2) is 27.8 Å². The van der Waals surface area contributed by atoms with Crippen molar-refractivity contribution in [3.8, 4) is 0 Å². The van der Waals surface area contributed by atoms with Gasteiger partial charge in [-0.1, -0.05) is 12.1 Å². The van der Waals surface area contributed by atoms with Gasteiger partial charge in [-0.2, -0.15) is 0 Å². The molecule has 0 bridgehead atoms. The van der Waals surface area contributed by atoms with Gasteiger partial charge in [-0.25, -0.2) is 0 Å². The highest BCUT2D eigenvalue weighted by molar-refractivity contribution is 5.92. The predicted octanol–water partition coefficient (Wildman–Crippen LogP) is 3.25. The van der Waals surface area contributed by atoms with Crippen molar-refractivity contribution in [2.45, 2.75) is 39.8 Å². The zero-order chi connectivity index (χ0) is 15.3. The van der Waals surface area contributed by atoms with Crippen molar-refractivity contribution in [3.63, 3.8) is 0 Å². The Morgan fingerprint density at radius 3 is 2.25 bits per heavy atom. The SMILES string of the molecule is CC(C)N(C(=O)/C=C/c1ccccc1[N+](=O)[O-])C(C)C. The van der Waals surface area contributed by atoms with E-state index in [4.69, 9.17) is 0 Å². The highest BCUT2D eigenvalue weighted by Gasteiger charge is 2.18. The molecule has 1 aromatic rings. The summed E-state index contributed by atoms with van der Waals surface area (Å²) in [6.07, 6.45) is 2.89. The third kappa shape index (κ3) is 3.91. The van der Waals surface area contributed by atoms with Crippen LogP contribution in [0.5, 0.6) is 0 Å². The van der Waals surface area contributed by atoms with Gasteiger partial charge in [0.25, 0.3) is 5.69 Å². The third-order valence-electron chi connectivity index (χ3n) is 2.91. The number of nitrogens with zero attached hydrogens (tertiary/aromatic N) is 2. The third-order valence-corrected chi connectivity index (χ3v) is 2.91. The first kappa shape index (κ1) is 15.9. The number of para-hydroxylation sites is 1. The van der Waals surface area contributed by atoms with Crippen LogP contribution in [0.1, 0.15) is 33.3 Å². The van der Waals surface area contributed by atoms with E-state index in [0.717, 1.165) is 0 Å². The average Bonchev–Trinajstić information content (AvgIpc) is 2.35. The Bertz CT molecular complexity index is 514. The zero-order valence-corrected chi connectivity index (χ0v) is 12.2. The molecule has 0 saturated carbocycles. The van der Waals surface area contributed by atoms with Gasteiger partial charge in [0.2, 0.25) is 5.91 Å². The minimum Gasteiger partial charge on any atom is -0.334 e. The second kappa shape index (κ2) is 6.84. The number of carbonyl (C=O) groups is 1. The summed E-state index contributed by atoms with van der Waals surface area (Å²) in [7, 11) is 0. The summed E-state index contributed by atoms with van der Waals surface area (Å²) in [4.78, 5) is 24.3. The molecule has 0 radical (unpaired) electrons. The molecule has 0 aromatic heterocycles. The van der Waals surface area contributed by atoms with Crippen LogP contribution in [-0.2, 0) is 4.79 Å². The first-order valence-electron chi connectivity index (χ1n) is 6.58. The normalized spacial score (nSPS) is 11.3.